The number of anilines is 1. The third-order valence-electron chi connectivity index (χ3n) is 4.95. The summed E-state index contributed by atoms with van der Waals surface area (Å²) in [5.74, 6) is 0. The number of sulfonamides is 1. The summed E-state index contributed by atoms with van der Waals surface area (Å²) in [6, 6.07) is 14.9. The van der Waals surface area contributed by atoms with Gasteiger partial charge in [0.25, 0.3) is 0 Å². The molecular weight excluding hydrogens is 449 g/mol. The first-order valence-corrected chi connectivity index (χ1v) is 11.3. The molecule has 0 bridgehead atoms. The fourth-order valence-electron chi connectivity index (χ4n) is 3.33. The Morgan fingerprint density at radius 1 is 1.12 bits per heavy atom. The zero-order chi connectivity index (χ0) is 23.4. The number of para-hydroxylation sites is 1. The standard InChI is InChI=1S/C21H23F3N2O5S/c1-2-30-15-26(32(28,29)21(22,23)24)18-11-7-6-10-17(18)14-25-13-12-19(31-20(25)27)16-8-4-3-5-9-16/h3-11,19H,2,12-15H2,1H3. The predicted octanol–water partition coefficient (Wildman–Crippen LogP) is 4.42. The van der Waals surface area contributed by atoms with Crippen LogP contribution in [0.3, 0.4) is 0 Å². The third-order valence-corrected chi connectivity index (χ3v) is 6.42. The van der Waals surface area contributed by atoms with E-state index in [0.717, 1.165) is 5.56 Å². The highest BCUT2D eigenvalue weighted by atomic mass is 32.2. The molecule has 1 amide bonds. The summed E-state index contributed by atoms with van der Waals surface area (Å²) in [4.78, 5) is 13.9. The number of halogens is 3. The number of carbonyl (C=O) groups excluding carboxylic acids is 1. The van der Waals surface area contributed by atoms with Crippen molar-refractivity contribution >= 4 is 21.8 Å². The van der Waals surface area contributed by atoms with E-state index in [1.54, 1.807) is 6.07 Å². The summed E-state index contributed by atoms with van der Waals surface area (Å²) >= 11 is 0. The Balaban J connectivity index is 1.84. The van der Waals surface area contributed by atoms with Crippen LogP contribution in [0.1, 0.15) is 30.6 Å². The van der Waals surface area contributed by atoms with Crippen LogP contribution in [0, 0.1) is 0 Å². The van der Waals surface area contributed by atoms with Gasteiger partial charge in [-0.3, -0.25) is 0 Å². The van der Waals surface area contributed by atoms with Crippen LogP contribution in [0.2, 0.25) is 0 Å². The average Bonchev–Trinajstić information content (AvgIpc) is 2.76. The zero-order valence-corrected chi connectivity index (χ0v) is 18.1. The highest BCUT2D eigenvalue weighted by Crippen LogP contribution is 2.34. The lowest BCUT2D eigenvalue weighted by Gasteiger charge is -2.33. The molecule has 0 spiro atoms. The van der Waals surface area contributed by atoms with E-state index in [0.29, 0.717) is 13.0 Å². The molecule has 1 heterocycles. The van der Waals surface area contributed by atoms with Crippen molar-refractivity contribution in [2.24, 2.45) is 0 Å². The number of cyclic esters (lactones) is 1. The van der Waals surface area contributed by atoms with Crippen molar-refractivity contribution in [2.45, 2.75) is 31.5 Å². The van der Waals surface area contributed by atoms with Crippen molar-refractivity contribution in [2.75, 3.05) is 24.2 Å². The number of nitrogens with zero attached hydrogens (tertiary/aromatic N) is 2. The van der Waals surface area contributed by atoms with Crippen LogP contribution in [0.15, 0.2) is 54.6 Å². The Hall–Kier alpha value is -2.79. The maximum absolute atomic E-state index is 13.3. The summed E-state index contributed by atoms with van der Waals surface area (Å²) < 4.78 is 74.9. The van der Waals surface area contributed by atoms with Gasteiger partial charge in [-0.25, -0.2) is 9.10 Å². The Morgan fingerprint density at radius 2 is 1.78 bits per heavy atom. The van der Waals surface area contributed by atoms with Gasteiger partial charge < -0.3 is 14.4 Å². The Kier molecular flexibility index (Phi) is 7.29. The molecule has 11 heteroatoms. The van der Waals surface area contributed by atoms with Gasteiger partial charge in [0.2, 0.25) is 0 Å². The number of carbonyl (C=O) groups is 1. The number of hydrogen-bond acceptors (Lipinski definition) is 5. The normalized spacial score (nSPS) is 17.2. The number of benzene rings is 2. The molecule has 1 aliphatic rings. The van der Waals surface area contributed by atoms with E-state index in [-0.39, 0.29) is 28.7 Å². The maximum Gasteiger partial charge on any atom is 0.516 e. The number of amides is 1. The minimum absolute atomic E-state index is 0.0192. The van der Waals surface area contributed by atoms with Gasteiger partial charge in [0.15, 0.2) is 0 Å². The molecule has 0 radical (unpaired) electrons. The molecule has 1 fully saturated rings. The second-order valence-corrected chi connectivity index (χ2v) is 8.90. The van der Waals surface area contributed by atoms with E-state index in [2.05, 4.69) is 0 Å². The van der Waals surface area contributed by atoms with Crippen LogP contribution < -0.4 is 4.31 Å². The van der Waals surface area contributed by atoms with Crippen molar-refractivity contribution in [1.29, 1.82) is 0 Å². The van der Waals surface area contributed by atoms with Crippen LogP contribution in [-0.2, 0) is 26.0 Å². The van der Waals surface area contributed by atoms with E-state index in [4.69, 9.17) is 9.47 Å². The van der Waals surface area contributed by atoms with Gasteiger partial charge in [0.1, 0.15) is 12.8 Å². The third kappa shape index (κ3) is 5.16. The minimum Gasteiger partial charge on any atom is -0.441 e. The van der Waals surface area contributed by atoms with E-state index < -0.39 is 34.5 Å². The summed E-state index contributed by atoms with van der Waals surface area (Å²) in [5.41, 5.74) is -4.66. The van der Waals surface area contributed by atoms with Crippen LogP contribution in [-0.4, -0.2) is 44.8 Å². The van der Waals surface area contributed by atoms with Crippen LogP contribution in [0.25, 0.3) is 0 Å². The zero-order valence-electron chi connectivity index (χ0n) is 17.3. The van der Waals surface area contributed by atoms with Gasteiger partial charge in [-0.15, -0.1) is 0 Å². The molecule has 32 heavy (non-hydrogen) atoms. The van der Waals surface area contributed by atoms with Crippen LogP contribution >= 0.6 is 0 Å². The van der Waals surface area contributed by atoms with E-state index in [1.807, 2.05) is 30.3 Å². The maximum atomic E-state index is 13.3. The average molecular weight is 472 g/mol. The molecular formula is C21H23F3N2O5S. The molecule has 1 unspecified atom stereocenters. The molecule has 1 saturated heterocycles. The summed E-state index contributed by atoms with van der Waals surface area (Å²) in [5, 5.41) is 0. The molecule has 0 aromatic heterocycles. The van der Waals surface area contributed by atoms with E-state index >= 15 is 0 Å². The van der Waals surface area contributed by atoms with Gasteiger partial charge >= 0.3 is 21.6 Å². The number of ether oxygens (including phenoxy) is 2. The first-order chi connectivity index (χ1) is 15.1. The lowest BCUT2D eigenvalue weighted by Crippen LogP contribution is -2.43. The summed E-state index contributed by atoms with van der Waals surface area (Å²) in [6.45, 7) is 0.926. The molecule has 2 aromatic carbocycles. The monoisotopic (exact) mass is 472 g/mol. The van der Waals surface area contributed by atoms with Gasteiger partial charge in [-0.05, 0) is 24.1 Å². The highest BCUT2D eigenvalue weighted by molar-refractivity contribution is 7.93. The van der Waals surface area contributed by atoms with Gasteiger partial charge in [0.05, 0.1) is 12.2 Å². The van der Waals surface area contributed by atoms with Crippen LogP contribution in [0.5, 0.6) is 0 Å². The topological polar surface area (TPSA) is 76.2 Å². The summed E-state index contributed by atoms with van der Waals surface area (Å²) in [6.07, 6.45) is -0.563. The number of hydrogen-bond donors (Lipinski definition) is 0. The Labute approximate surface area is 184 Å². The first-order valence-electron chi connectivity index (χ1n) is 9.90. The second-order valence-electron chi connectivity index (χ2n) is 7.04. The first kappa shape index (κ1) is 23.9. The second kappa shape index (κ2) is 9.78. The quantitative estimate of drug-likeness (QED) is 0.532. The van der Waals surface area contributed by atoms with Crippen LogP contribution in [0.4, 0.5) is 23.7 Å². The van der Waals surface area contributed by atoms with Crippen molar-refractivity contribution in [1.82, 2.24) is 4.90 Å². The fraction of sp³-hybridized carbons (Fsp3) is 0.381. The Bertz CT molecular complexity index is 1030. The van der Waals surface area contributed by atoms with Crippen molar-refractivity contribution < 1.29 is 35.9 Å². The molecule has 0 saturated carbocycles. The highest BCUT2D eigenvalue weighted by Gasteiger charge is 2.50. The molecule has 1 aliphatic heterocycles. The van der Waals surface area contributed by atoms with Crippen molar-refractivity contribution in [3.63, 3.8) is 0 Å². The number of alkyl halides is 3. The molecule has 3 rings (SSSR count). The molecule has 0 N–H and O–H groups in total. The van der Waals surface area contributed by atoms with Gasteiger partial charge in [-0.2, -0.15) is 21.6 Å². The largest absolute Gasteiger partial charge is 0.516 e. The molecule has 2 aromatic rings. The SMILES string of the molecule is CCOCN(c1ccccc1CN1CCC(c2ccccc2)OC1=O)S(=O)(=O)C(F)(F)F. The van der Waals surface area contributed by atoms with E-state index in [1.165, 1.54) is 30.0 Å². The predicted molar refractivity (Wildman–Crippen MR) is 111 cm³/mol. The number of rotatable bonds is 8. The lowest BCUT2D eigenvalue weighted by molar-refractivity contribution is -0.0445. The molecule has 1 atom stereocenters. The molecule has 0 aliphatic carbocycles. The van der Waals surface area contributed by atoms with Gasteiger partial charge in [-0.1, -0.05) is 48.5 Å². The minimum atomic E-state index is -5.71. The Morgan fingerprint density at radius 3 is 2.41 bits per heavy atom. The van der Waals surface area contributed by atoms with E-state index in [9.17, 15) is 26.4 Å². The van der Waals surface area contributed by atoms with Crippen molar-refractivity contribution in [3.05, 3.63) is 65.7 Å². The van der Waals surface area contributed by atoms with Crippen molar-refractivity contribution in [3.8, 4) is 0 Å². The smallest absolute Gasteiger partial charge is 0.441 e. The lowest BCUT2D eigenvalue weighted by atomic mass is 10.0. The fourth-order valence-corrected chi connectivity index (χ4v) is 4.23. The van der Waals surface area contributed by atoms with Gasteiger partial charge in [0, 0.05) is 19.6 Å². The summed E-state index contributed by atoms with van der Waals surface area (Å²) in [7, 11) is -5.71. The molecule has 174 valence electrons. The molecule has 7 nitrogen and oxygen atoms in total.